The molecular formula is C12H17NOS. The fraction of sp³-hybridized carbons (Fsp3) is 0.500. The molecule has 1 aromatic heterocycles. The number of nitrogens with zero attached hydrogens (tertiary/aromatic N) is 1. The normalized spacial score (nSPS) is 10.0. The maximum Gasteiger partial charge on any atom is 0.210 e. The Morgan fingerprint density at radius 3 is 2.93 bits per heavy atom. The molecule has 15 heavy (non-hydrogen) atoms. The monoisotopic (exact) mass is 223 g/mol. The van der Waals surface area contributed by atoms with Crippen molar-refractivity contribution in [3.05, 3.63) is 29.6 Å². The van der Waals surface area contributed by atoms with Crippen LogP contribution < -0.4 is 0 Å². The molecule has 0 bridgehead atoms. The van der Waals surface area contributed by atoms with E-state index in [0.29, 0.717) is 11.7 Å². The van der Waals surface area contributed by atoms with Crippen LogP contribution in [0.3, 0.4) is 0 Å². The van der Waals surface area contributed by atoms with E-state index in [0.717, 1.165) is 18.5 Å². The molecule has 1 heterocycles. The largest absolute Gasteiger partial charge is 0.482 e. The number of hydrogen-bond acceptors (Lipinski definition) is 3. The van der Waals surface area contributed by atoms with Crippen LogP contribution >= 0.6 is 12.2 Å². The highest BCUT2D eigenvalue weighted by molar-refractivity contribution is 7.80. The first kappa shape index (κ1) is 12.1. The number of rotatable bonds is 5. The van der Waals surface area contributed by atoms with Crippen molar-refractivity contribution in [2.24, 2.45) is 0 Å². The molecule has 0 saturated heterocycles. The van der Waals surface area contributed by atoms with Gasteiger partial charge in [-0.2, -0.15) is 0 Å². The second kappa shape index (κ2) is 6.51. The molecule has 0 saturated carbocycles. The summed E-state index contributed by atoms with van der Waals surface area (Å²) in [6.07, 6.45) is 5.12. The van der Waals surface area contributed by atoms with E-state index in [1.54, 1.807) is 6.20 Å². The molecule has 0 aromatic carbocycles. The van der Waals surface area contributed by atoms with E-state index in [1.165, 1.54) is 12.0 Å². The number of unbranched alkanes of at least 4 members (excludes halogenated alkanes) is 1. The fourth-order valence-corrected chi connectivity index (χ4v) is 1.69. The molecule has 3 heteroatoms. The van der Waals surface area contributed by atoms with E-state index in [4.69, 9.17) is 17.0 Å². The van der Waals surface area contributed by atoms with Gasteiger partial charge in [-0.3, -0.25) is 4.98 Å². The lowest BCUT2D eigenvalue weighted by Gasteiger charge is -2.09. The van der Waals surface area contributed by atoms with Crippen molar-refractivity contribution in [2.75, 3.05) is 6.61 Å². The van der Waals surface area contributed by atoms with Crippen LogP contribution in [0.15, 0.2) is 18.3 Å². The van der Waals surface area contributed by atoms with Gasteiger partial charge in [0.15, 0.2) is 0 Å². The molecule has 0 aliphatic rings. The van der Waals surface area contributed by atoms with Gasteiger partial charge in [-0.1, -0.05) is 19.4 Å². The Morgan fingerprint density at radius 1 is 1.47 bits per heavy atom. The smallest absolute Gasteiger partial charge is 0.210 e. The Kier molecular flexibility index (Phi) is 5.26. The molecule has 0 N–H and O–H groups in total. The van der Waals surface area contributed by atoms with Crippen LogP contribution in [0.1, 0.15) is 37.9 Å². The molecule has 2 nitrogen and oxygen atoms in total. The zero-order valence-electron chi connectivity index (χ0n) is 9.32. The lowest BCUT2D eigenvalue weighted by molar-refractivity contribution is 0.336. The lowest BCUT2D eigenvalue weighted by atomic mass is 10.1. The van der Waals surface area contributed by atoms with Gasteiger partial charge >= 0.3 is 0 Å². The first-order valence-corrected chi connectivity index (χ1v) is 5.81. The number of aromatic nitrogens is 1. The topological polar surface area (TPSA) is 22.1 Å². The molecule has 0 amide bonds. The third kappa shape index (κ3) is 3.59. The van der Waals surface area contributed by atoms with Gasteiger partial charge in [0.05, 0.1) is 6.61 Å². The molecule has 0 atom stereocenters. The standard InChI is InChI=1S/C12H17NOS/c1-3-5-7-10-8-6-9-13-11(10)12(15)14-4-2/h6,8-9H,3-5,7H2,1-2H3. The first-order valence-electron chi connectivity index (χ1n) is 5.40. The van der Waals surface area contributed by atoms with Gasteiger partial charge < -0.3 is 4.74 Å². The highest BCUT2D eigenvalue weighted by atomic mass is 32.1. The van der Waals surface area contributed by atoms with Crippen LogP contribution in [0.25, 0.3) is 0 Å². The summed E-state index contributed by atoms with van der Waals surface area (Å²) in [5, 5.41) is 0.518. The van der Waals surface area contributed by atoms with Crippen molar-refractivity contribution < 1.29 is 4.74 Å². The van der Waals surface area contributed by atoms with Crippen molar-refractivity contribution in [2.45, 2.75) is 33.1 Å². The van der Waals surface area contributed by atoms with Gasteiger partial charge in [-0.05, 0) is 43.6 Å². The summed E-state index contributed by atoms with van der Waals surface area (Å²) < 4.78 is 5.32. The Balaban J connectivity index is 2.80. The summed E-state index contributed by atoms with van der Waals surface area (Å²) in [6, 6.07) is 4.02. The number of pyridine rings is 1. The molecule has 0 aliphatic carbocycles. The van der Waals surface area contributed by atoms with Gasteiger partial charge in [-0.25, -0.2) is 0 Å². The van der Waals surface area contributed by atoms with Crippen molar-refractivity contribution >= 4 is 17.3 Å². The number of aryl methyl sites for hydroxylation is 1. The number of ether oxygens (including phenoxy) is 1. The molecule has 0 aliphatic heterocycles. The van der Waals surface area contributed by atoms with E-state index >= 15 is 0 Å². The summed E-state index contributed by atoms with van der Waals surface area (Å²) in [5.74, 6) is 0. The molecule has 1 rings (SSSR count). The van der Waals surface area contributed by atoms with Crippen LogP contribution in [0.4, 0.5) is 0 Å². The summed E-state index contributed by atoms with van der Waals surface area (Å²) in [7, 11) is 0. The predicted octanol–water partition coefficient (Wildman–Crippen LogP) is 3.14. The summed E-state index contributed by atoms with van der Waals surface area (Å²) in [5.41, 5.74) is 2.03. The Morgan fingerprint density at radius 2 is 2.27 bits per heavy atom. The first-order chi connectivity index (χ1) is 7.29. The fourth-order valence-electron chi connectivity index (χ4n) is 1.39. The summed E-state index contributed by atoms with van der Waals surface area (Å²) in [6.45, 7) is 4.71. The minimum absolute atomic E-state index is 0.518. The molecular weight excluding hydrogens is 206 g/mol. The maximum atomic E-state index is 5.32. The Labute approximate surface area is 96.7 Å². The van der Waals surface area contributed by atoms with Crippen molar-refractivity contribution in [3.63, 3.8) is 0 Å². The zero-order valence-corrected chi connectivity index (χ0v) is 10.1. The van der Waals surface area contributed by atoms with Crippen LogP contribution in [0, 0.1) is 0 Å². The second-order valence-corrected chi connectivity index (χ2v) is 3.71. The van der Waals surface area contributed by atoms with E-state index in [2.05, 4.69) is 18.0 Å². The van der Waals surface area contributed by atoms with Gasteiger partial charge in [-0.15, -0.1) is 0 Å². The van der Waals surface area contributed by atoms with Crippen molar-refractivity contribution in [3.8, 4) is 0 Å². The van der Waals surface area contributed by atoms with Gasteiger partial charge in [0.25, 0.3) is 0 Å². The zero-order chi connectivity index (χ0) is 11.1. The van der Waals surface area contributed by atoms with Crippen LogP contribution in [-0.2, 0) is 11.2 Å². The van der Waals surface area contributed by atoms with Gasteiger partial charge in [0, 0.05) is 6.20 Å². The average Bonchev–Trinajstić information content (AvgIpc) is 2.27. The van der Waals surface area contributed by atoms with E-state index in [-0.39, 0.29) is 0 Å². The Bertz CT molecular complexity index is 325. The number of thiocarbonyl (C=S) groups is 1. The Hall–Kier alpha value is -0.960. The molecule has 0 unspecified atom stereocenters. The SMILES string of the molecule is CCCCc1cccnc1C(=S)OCC. The highest BCUT2D eigenvalue weighted by Gasteiger charge is 2.08. The highest BCUT2D eigenvalue weighted by Crippen LogP contribution is 2.11. The minimum atomic E-state index is 0.518. The quantitative estimate of drug-likeness (QED) is 0.716. The van der Waals surface area contributed by atoms with E-state index in [9.17, 15) is 0 Å². The molecule has 0 spiro atoms. The predicted molar refractivity (Wildman–Crippen MR) is 66.2 cm³/mol. The average molecular weight is 223 g/mol. The summed E-state index contributed by atoms with van der Waals surface area (Å²) in [4.78, 5) is 4.28. The minimum Gasteiger partial charge on any atom is -0.482 e. The molecule has 0 fully saturated rings. The number of hydrogen-bond donors (Lipinski definition) is 0. The molecule has 82 valence electrons. The van der Waals surface area contributed by atoms with Gasteiger partial charge in [0.1, 0.15) is 5.69 Å². The van der Waals surface area contributed by atoms with Gasteiger partial charge in [0.2, 0.25) is 5.05 Å². The summed E-state index contributed by atoms with van der Waals surface area (Å²) >= 11 is 5.17. The van der Waals surface area contributed by atoms with Crippen molar-refractivity contribution in [1.29, 1.82) is 0 Å². The second-order valence-electron chi connectivity index (χ2n) is 3.34. The van der Waals surface area contributed by atoms with Crippen LogP contribution in [-0.4, -0.2) is 16.6 Å². The van der Waals surface area contributed by atoms with E-state index in [1.807, 2.05) is 13.0 Å². The third-order valence-electron chi connectivity index (χ3n) is 2.16. The van der Waals surface area contributed by atoms with E-state index < -0.39 is 0 Å². The lowest BCUT2D eigenvalue weighted by Crippen LogP contribution is -2.09. The maximum absolute atomic E-state index is 5.32. The van der Waals surface area contributed by atoms with Crippen LogP contribution in [0.5, 0.6) is 0 Å². The van der Waals surface area contributed by atoms with Crippen molar-refractivity contribution in [1.82, 2.24) is 4.98 Å². The third-order valence-corrected chi connectivity index (χ3v) is 2.47. The molecule has 1 aromatic rings. The van der Waals surface area contributed by atoms with Crippen LogP contribution in [0.2, 0.25) is 0 Å². The molecule has 0 radical (unpaired) electrons.